The maximum Gasteiger partial charge on any atom is 0.350 e. The van der Waals surface area contributed by atoms with E-state index in [4.69, 9.17) is 4.74 Å². The fourth-order valence-corrected chi connectivity index (χ4v) is 3.30. The molecule has 3 rings (SSSR count). The van der Waals surface area contributed by atoms with Gasteiger partial charge in [0.1, 0.15) is 15.7 Å². The standard InChI is InChI=1S/C20H17FN2O3S/c1-12-3-9-16(10-4-12)23-17(24)11-26-20(25)18-13(2)22-19(27-18)14-5-7-15(21)8-6-14/h3-10H,11H2,1-2H3,(H,23,24). The van der Waals surface area contributed by atoms with Crippen LogP contribution in [0.3, 0.4) is 0 Å². The van der Waals surface area contributed by atoms with Crippen molar-refractivity contribution in [1.29, 1.82) is 0 Å². The lowest BCUT2D eigenvalue weighted by Gasteiger charge is -2.06. The van der Waals surface area contributed by atoms with Crippen LogP contribution in [0, 0.1) is 19.7 Å². The number of hydrogen-bond donors (Lipinski definition) is 1. The molecule has 1 N–H and O–H groups in total. The first-order valence-electron chi connectivity index (χ1n) is 8.19. The monoisotopic (exact) mass is 384 g/mol. The molecule has 27 heavy (non-hydrogen) atoms. The molecule has 0 saturated heterocycles. The Labute approximate surface area is 159 Å². The SMILES string of the molecule is Cc1ccc(NC(=O)COC(=O)c2sc(-c3ccc(F)cc3)nc2C)cc1. The topological polar surface area (TPSA) is 68.3 Å². The molecule has 0 aliphatic carbocycles. The maximum atomic E-state index is 13.0. The number of nitrogens with one attached hydrogen (secondary N) is 1. The van der Waals surface area contributed by atoms with E-state index >= 15 is 0 Å². The lowest BCUT2D eigenvalue weighted by molar-refractivity contribution is -0.119. The van der Waals surface area contributed by atoms with Crippen molar-refractivity contribution in [2.75, 3.05) is 11.9 Å². The van der Waals surface area contributed by atoms with Gasteiger partial charge in [0, 0.05) is 11.3 Å². The number of aromatic nitrogens is 1. The molecule has 0 spiro atoms. The minimum absolute atomic E-state index is 0.317. The largest absolute Gasteiger partial charge is 0.451 e. The first kappa shape index (κ1) is 18.7. The molecule has 7 heteroatoms. The van der Waals surface area contributed by atoms with E-state index < -0.39 is 18.5 Å². The average molecular weight is 384 g/mol. The molecule has 138 valence electrons. The van der Waals surface area contributed by atoms with E-state index in [9.17, 15) is 14.0 Å². The van der Waals surface area contributed by atoms with Crippen LogP contribution in [0.2, 0.25) is 0 Å². The summed E-state index contributed by atoms with van der Waals surface area (Å²) < 4.78 is 18.1. The molecule has 1 aromatic heterocycles. The lowest BCUT2D eigenvalue weighted by atomic mass is 10.2. The van der Waals surface area contributed by atoms with Gasteiger partial charge in [-0.1, -0.05) is 17.7 Å². The van der Waals surface area contributed by atoms with E-state index in [2.05, 4.69) is 10.3 Å². The molecule has 5 nitrogen and oxygen atoms in total. The predicted octanol–water partition coefficient (Wildman–Crippen LogP) is 4.36. The van der Waals surface area contributed by atoms with Gasteiger partial charge in [-0.15, -0.1) is 11.3 Å². The van der Waals surface area contributed by atoms with Crippen molar-refractivity contribution in [3.05, 3.63) is 70.5 Å². The minimum atomic E-state index is -0.614. The number of amides is 1. The fourth-order valence-electron chi connectivity index (χ4n) is 2.33. The van der Waals surface area contributed by atoms with Crippen LogP contribution in [0.1, 0.15) is 20.9 Å². The van der Waals surface area contributed by atoms with Crippen LogP contribution in [-0.2, 0) is 9.53 Å². The number of thiazole rings is 1. The summed E-state index contributed by atoms with van der Waals surface area (Å²) in [5, 5.41) is 3.25. The van der Waals surface area contributed by atoms with Gasteiger partial charge >= 0.3 is 5.97 Å². The van der Waals surface area contributed by atoms with E-state index in [-0.39, 0.29) is 5.82 Å². The summed E-state index contributed by atoms with van der Waals surface area (Å²) in [5.41, 5.74) is 2.93. The third kappa shape index (κ3) is 4.77. The number of ether oxygens (including phenoxy) is 1. The van der Waals surface area contributed by atoms with Crippen molar-refractivity contribution in [2.24, 2.45) is 0 Å². The van der Waals surface area contributed by atoms with Gasteiger partial charge in [-0.25, -0.2) is 14.2 Å². The molecule has 0 unspecified atom stereocenters. The molecule has 2 aromatic carbocycles. The highest BCUT2D eigenvalue weighted by Crippen LogP contribution is 2.28. The van der Waals surface area contributed by atoms with E-state index in [1.54, 1.807) is 31.2 Å². The van der Waals surface area contributed by atoms with E-state index in [0.717, 1.165) is 16.9 Å². The number of rotatable bonds is 5. The first-order valence-corrected chi connectivity index (χ1v) is 9.01. The van der Waals surface area contributed by atoms with Crippen LogP contribution < -0.4 is 5.32 Å². The Hall–Kier alpha value is -3.06. The lowest BCUT2D eigenvalue weighted by Crippen LogP contribution is -2.20. The van der Waals surface area contributed by atoms with E-state index in [1.165, 1.54) is 12.1 Å². The third-order valence-electron chi connectivity index (χ3n) is 3.74. The molecule has 0 aliphatic heterocycles. The predicted molar refractivity (Wildman–Crippen MR) is 102 cm³/mol. The molecular weight excluding hydrogens is 367 g/mol. The smallest absolute Gasteiger partial charge is 0.350 e. The summed E-state index contributed by atoms with van der Waals surface area (Å²) in [6.45, 7) is 3.24. The number of aryl methyl sites for hydroxylation is 2. The van der Waals surface area contributed by atoms with Gasteiger partial charge in [-0.2, -0.15) is 0 Å². The number of benzene rings is 2. The summed E-state index contributed by atoms with van der Waals surface area (Å²) in [6, 6.07) is 13.2. The Bertz CT molecular complexity index is 966. The van der Waals surface area contributed by atoms with Crippen molar-refractivity contribution in [3.63, 3.8) is 0 Å². The van der Waals surface area contributed by atoms with Gasteiger partial charge < -0.3 is 10.1 Å². The molecule has 0 saturated carbocycles. The van der Waals surface area contributed by atoms with Crippen molar-refractivity contribution in [1.82, 2.24) is 4.98 Å². The summed E-state index contributed by atoms with van der Waals surface area (Å²) >= 11 is 1.14. The Morgan fingerprint density at radius 1 is 1.07 bits per heavy atom. The number of carbonyl (C=O) groups excluding carboxylic acids is 2. The van der Waals surface area contributed by atoms with Crippen molar-refractivity contribution in [3.8, 4) is 10.6 Å². The second kappa shape index (κ2) is 8.09. The van der Waals surface area contributed by atoms with Crippen LogP contribution in [0.4, 0.5) is 10.1 Å². The number of halogens is 1. The van der Waals surface area contributed by atoms with Gasteiger partial charge in [0.2, 0.25) is 0 Å². The highest BCUT2D eigenvalue weighted by Gasteiger charge is 2.18. The van der Waals surface area contributed by atoms with Gasteiger partial charge in [-0.05, 0) is 50.2 Å². The first-order chi connectivity index (χ1) is 12.9. The summed E-state index contributed by atoms with van der Waals surface area (Å²) in [4.78, 5) is 28.9. The van der Waals surface area contributed by atoms with E-state index in [0.29, 0.717) is 26.8 Å². The third-order valence-corrected chi connectivity index (χ3v) is 4.93. The minimum Gasteiger partial charge on any atom is -0.451 e. The highest BCUT2D eigenvalue weighted by molar-refractivity contribution is 7.17. The van der Waals surface area contributed by atoms with Crippen LogP contribution >= 0.6 is 11.3 Å². The summed E-state index contributed by atoms with van der Waals surface area (Å²) in [7, 11) is 0. The number of carbonyl (C=O) groups is 2. The van der Waals surface area contributed by atoms with Gasteiger partial charge in [-0.3, -0.25) is 4.79 Å². The molecule has 3 aromatic rings. The molecule has 0 radical (unpaired) electrons. The maximum absolute atomic E-state index is 13.0. The number of anilines is 1. The van der Waals surface area contributed by atoms with Crippen LogP contribution in [-0.4, -0.2) is 23.5 Å². The Balaban J connectivity index is 1.61. The molecule has 0 atom stereocenters. The Morgan fingerprint density at radius 2 is 1.74 bits per heavy atom. The van der Waals surface area contributed by atoms with Crippen LogP contribution in [0.25, 0.3) is 10.6 Å². The molecular formula is C20H17FN2O3S. The summed E-state index contributed by atoms with van der Waals surface area (Å²) in [6.07, 6.45) is 0. The zero-order chi connectivity index (χ0) is 19.4. The van der Waals surface area contributed by atoms with Gasteiger partial charge in [0.05, 0.1) is 5.69 Å². The van der Waals surface area contributed by atoms with E-state index in [1.807, 2.05) is 19.1 Å². The highest BCUT2D eigenvalue weighted by atomic mass is 32.1. The zero-order valence-electron chi connectivity index (χ0n) is 14.8. The molecule has 1 heterocycles. The summed E-state index contributed by atoms with van der Waals surface area (Å²) in [5.74, 6) is -1.38. The quantitative estimate of drug-likeness (QED) is 0.664. The van der Waals surface area contributed by atoms with Gasteiger partial charge in [0.15, 0.2) is 6.61 Å². The Kier molecular flexibility index (Phi) is 5.61. The number of esters is 1. The second-order valence-electron chi connectivity index (χ2n) is 5.93. The van der Waals surface area contributed by atoms with Crippen molar-refractivity contribution in [2.45, 2.75) is 13.8 Å². The molecule has 0 aliphatic rings. The normalized spacial score (nSPS) is 10.5. The average Bonchev–Trinajstić information content (AvgIpc) is 3.04. The van der Waals surface area contributed by atoms with Gasteiger partial charge in [0.25, 0.3) is 5.91 Å². The van der Waals surface area contributed by atoms with Crippen molar-refractivity contribution >= 4 is 28.9 Å². The number of hydrogen-bond acceptors (Lipinski definition) is 5. The molecule has 0 fully saturated rings. The second-order valence-corrected chi connectivity index (χ2v) is 6.93. The number of nitrogens with zero attached hydrogens (tertiary/aromatic N) is 1. The fraction of sp³-hybridized carbons (Fsp3) is 0.150. The van der Waals surface area contributed by atoms with Crippen LogP contribution in [0.15, 0.2) is 48.5 Å². The zero-order valence-corrected chi connectivity index (χ0v) is 15.6. The molecule has 1 amide bonds. The Morgan fingerprint density at radius 3 is 2.41 bits per heavy atom. The molecule has 0 bridgehead atoms. The van der Waals surface area contributed by atoms with Crippen LogP contribution in [0.5, 0.6) is 0 Å². The van der Waals surface area contributed by atoms with Crippen molar-refractivity contribution < 1.29 is 18.7 Å².